The van der Waals surface area contributed by atoms with Crippen LogP contribution in [0.5, 0.6) is 5.75 Å². The Hall–Kier alpha value is -0.820. The third-order valence-corrected chi connectivity index (χ3v) is 5.47. The van der Waals surface area contributed by atoms with E-state index in [0.29, 0.717) is 18.7 Å². The molecule has 2 atom stereocenters. The van der Waals surface area contributed by atoms with Crippen molar-refractivity contribution >= 4 is 21.6 Å². The Labute approximate surface area is 130 Å². The minimum absolute atomic E-state index is 0.115. The maximum atomic E-state index is 12.2. The van der Waals surface area contributed by atoms with Crippen molar-refractivity contribution in [2.75, 3.05) is 13.7 Å². The number of methoxy groups -OCH3 is 1. The molecule has 2 N–H and O–H groups in total. The molecule has 5 nitrogen and oxygen atoms in total. The summed E-state index contributed by atoms with van der Waals surface area (Å²) in [6.45, 7) is 0.336. The summed E-state index contributed by atoms with van der Waals surface area (Å²) in [6.07, 6.45) is 3.00. The molecule has 0 amide bonds. The van der Waals surface area contributed by atoms with Crippen molar-refractivity contribution in [3.05, 3.63) is 23.2 Å². The number of sulfonamides is 1. The maximum Gasteiger partial charge on any atom is 0.240 e. The van der Waals surface area contributed by atoms with E-state index in [1.807, 2.05) is 0 Å². The van der Waals surface area contributed by atoms with Gasteiger partial charge >= 0.3 is 0 Å². The summed E-state index contributed by atoms with van der Waals surface area (Å²) < 4.78 is 32.1. The number of hydrogen-bond donors (Lipinski definition) is 2. The zero-order valence-electron chi connectivity index (χ0n) is 11.9. The average Bonchev–Trinajstić information content (AvgIpc) is 2.45. The zero-order valence-corrected chi connectivity index (χ0v) is 13.5. The van der Waals surface area contributed by atoms with Crippen molar-refractivity contribution in [1.82, 2.24) is 4.72 Å². The van der Waals surface area contributed by atoms with E-state index in [0.717, 1.165) is 19.3 Å². The highest BCUT2D eigenvalue weighted by Crippen LogP contribution is 2.27. The minimum Gasteiger partial charge on any atom is -0.495 e. The Kier molecular flexibility index (Phi) is 5.48. The van der Waals surface area contributed by atoms with Crippen LogP contribution in [0.25, 0.3) is 0 Å². The van der Waals surface area contributed by atoms with E-state index in [1.165, 1.54) is 25.3 Å². The third-order valence-electron chi connectivity index (χ3n) is 3.75. The Morgan fingerprint density at radius 3 is 2.81 bits per heavy atom. The first kappa shape index (κ1) is 16.5. The van der Waals surface area contributed by atoms with Crippen molar-refractivity contribution in [2.24, 2.45) is 5.92 Å². The lowest BCUT2D eigenvalue weighted by molar-refractivity contribution is 0.102. The van der Waals surface area contributed by atoms with Crippen LogP contribution in [-0.4, -0.2) is 33.3 Å². The largest absolute Gasteiger partial charge is 0.495 e. The molecule has 0 spiro atoms. The van der Waals surface area contributed by atoms with Gasteiger partial charge in [0.05, 0.1) is 23.1 Å². The smallest absolute Gasteiger partial charge is 0.240 e. The van der Waals surface area contributed by atoms with E-state index in [1.54, 1.807) is 0 Å². The first-order chi connectivity index (χ1) is 9.92. The molecule has 0 heterocycles. The predicted octanol–water partition coefficient (Wildman–Crippen LogP) is 2.18. The zero-order chi connectivity index (χ0) is 15.5. The van der Waals surface area contributed by atoms with Gasteiger partial charge in [-0.25, -0.2) is 13.1 Å². The summed E-state index contributed by atoms with van der Waals surface area (Å²) in [5.74, 6) is 0.614. The predicted molar refractivity (Wildman–Crippen MR) is 81.2 cm³/mol. The number of hydrogen-bond acceptors (Lipinski definition) is 4. The Morgan fingerprint density at radius 2 is 2.19 bits per heavy atom. The molecule has 1 aromatic rings. The number of rotatable bonds is 5. The van der Waals surface area contributed by atoms with Crippen LogP contribution < -0.4 is 9.46 Å². The van der Waals surface area contributed by atoms with E-state index in [9.17, 15) is 13.5 Å². The van der Waals surface area contributed by atoms with Crippen LogP contribution in [0.3, 0.4) is 0 Å². The van der Waals surface area contributed by atoms with E-state index in [2.05, 4.69) is 4.72 Å². The van der Waals surface area contributed by atoms with Crippen molar-refractivity contribution in [3.63, 3.8) is 0 Å². The van der Waals surface area contributed by atoms with Crippen molar-refractivity contribution in [3.8, 4) is 5.75 Å². The van der Waals surface area contributed by atoms with Crippen molar-refractivity contribution < 1.29 is 18.3 Å². The van der Waals surface area contributed by atoms with Crippen LogP contribution in [0.15, 0.2) is 23.1 Å². The topological polar surface area (TPSA) is 75.6 Å². The fraction of sp³-hybridized carbons (Fsp3) is 0.571. The molecule has 0 aliphatic heterocycles. The van der Waals surface area contributed by atoms with Gasteiger partial charge in [-0.3, -0.25) is 0 Å². The number of aliphatic hydroxyl groups excluding tert-OH is 1. The van der Waals surface area contributed by atoms with Gasteiger partial charge in [-0.15, -0.1) is 0 Å². The van der Waals surface area contributed by atoms with Gasteiger partial charge in [0.1, 0.15) is 5.75 Å². The highest BCUT2D eigenvalue weighted by molar-refractivity contribution is 7.89. The minimum atomic E-state index is -3.60. The second-order valence-corrected chi connectivity index (χ2v) is 7.51. The number of ether oxygens (including phenoxy) is 1. The maximum absolute atomic E-state index is 12.2. The lowest BCUT2D eigenvalue weighted by atomic mass is 9.87. The first-order valence-electron chi connectivity index (χ1n) is 6.93. The lowest BCUT2D eigenvalue weighted by Gasteiger charge is -2.25. The summed E-state index contributed by atoms with van der Waals surface area (Å²) in [7, 11) is -2.12. The summed E-state index contributed by atoms with van der Waals surface area (Å²) in [5, 5.41) is 9.87. The first-order valence-corrected chi connectivity index (χ1v) is 8.80. The molecule has 0 saturated heterocycles. The molecule has 2 unspecified atom stereocenters. The monoisotopic (exact) mass is 333 g/mol. The number of nitrogens with one attached hydrogen (secondary N) is 1. The van der Waals surface area contributed by atoms with Crippen molar-refractivity contribution in [2.45, 2.75) is 36.7 Å². The molecule has 1 aliphatic rings. The quantitative estimate of drug-likeness (QED) is 0.866. The summed E-state index contributed by atoms with van der Waals surface area (Å²) in [4.78, 5) is 0.115. The van der Waals surface area contributed by atoms with Crippen LogP contribution in [0.1, 0.15) is 25.7 Å². The Balaban J connectivity index is 2.02. The van der Waals surface area contributed by atoms with Gasteiger partial charge in [0.2, 0.25) is 10.0 Å². The molecule has 7 heteroatoms. The molecule has 1 saturated carbocycles. The fourth-order valence-electron chi connectivity index (χ4n) is 2.57. The van der Waals surface area contributed by atoms with Crippen LogP contribution in [0, 0.1) is 5.92 Å². The molecule has 2 rings (SSSR count). The Bertz CT molecular complexity index is 591. The molecule has 1 fully saturated rings. The molecule has 1 aromatic carbocycles. The van der Waals surface area contributed by atoms with Gasteiger partial charge in [0.15, 0.2) is 0 Å². The molecule has 21 heavy (non-hydrogen) atoms. The third kappa shape index (κ3) is 4.32. The highest BCUT2D eigenvalue weighted by Gasteiger charge is 2.23. The van der Waals surface area contributed by atoms with Gasteiger partial charge in [-0.05, 0) is 43.4 Å². The van der Waals surface area contributed by atoms with E-state index in [-0.39, 0.29) is 21.9 Å². The van der Waals surface area contributed by atoms with Crippen LogP contribution in [-0.2, 0) is 10.0 Å². The second-order valence-electron chi connectivity index (χ2n) is 5.33. The Morgan fingerprint density at radius 1 is 1.43 bits per heavy atom. The molecular formula is C14H20ClNO4S. The van der Waals surface area contributed by atoms with Gasteiger partial charge in [-0.2, -0.15) is 0 Å². The van der Waals surface area contributed by atoms with E-state index in [4.69, 9.17) is 16.3 Å². The standard InChI is InChI=1S/C14H20ClNO4S/c1-20-14-6-5-12(8-13(14)15)21(18,19)16-9-10-3-2-4-11(17)7-10/h5-6,8,10-11,16-17H,2-4,7,9H2,1H3. The molecule has 0 bridgehead atoms. The van der Waals surface area contributed by atoms with Gasteiger partial charge in [0, 0.05) is 6.54 Å². The molecule has 118 valence electrons. The molecule has 0 radical (unpaired) electrons. The molecule has 0 aromatic heterocycles. The van der Waals surface area contributed by atoms with E-state index < -0.39 is 10.0 Å². The van der Waals surface area contributed by atoms with Crippen molar-refractivity contribution in [1.29, 1.82) is 0 Å². The molecular weight excluding hydrogens is 314 g/mol. The van der Waals surface area contributed by atoms with Gasteiger partial charge < -0.3 is 9.84 Å². The normalized spacial score (nSPS) is 23.0. The number of aliphatic hydroxyl groups is 1. The highest BCUT2D eigenvalue weighted by atomic mass is 35.5. The second kappa shape index (κ2) is 6.96. The number of halogens is 1. The van der Waals surface area contributed by atoms with Crippen LogP contribution in [0.2, 0.25) is 5.02 Å². The van der Waals surface area contributed by atoms with Gasteiger partial charge in [0.25, 0.3) is 0 Å². The summed E-state index contributed by atoms with van der Waals surface area (Å²) in [6, 6.07) is 4.36. The summed E-state index contributed by atoms with van der Waals surface area (Å²) >= 11 is 5.95. The summed E-state index contributed by atoms with van der Waals surface area (Å²) in [5.41, 5.74) is 0. The lowest BCUT2D eigenvalue weighted by Crippen LogP contribution is -2.33. The fourth-order valence-corrected chi connectivity index (χ4v) is 4.04. The van der Waals surface area contributed by atoms with Gasteiger partial charge in [-0.1, -0.05) is 18.0 Å². The van der Waals surface area contributed by atoms with Crippen LogP contribution >= 0.6 is 11.6 Å². The molecule has 1 aliphatic carbocycles. The SMILES string of the molecule is COc1ccc(S(=O)(=O)NCC2CCCC(O)C2)cc1Cl. The van der Waals surface area contributed by atoms with E-state index >= 15 is 0 Å². The average molecular weight is 334 g/mol. The number of benzene rings is 1. The van der Waals surface area contributed by atoms with Crippen LogP contribution in [0.4, 0.5) is 0 Å².